The van der Waals surface area contributed by atoms with Crippen LogP contribution in [0.25, 0.3) is 0 Å². The third kappa shape index (κ3) is 7.86. The average Bonchev–Trinajstić information content (AvgIpc) is 3.83. The van der Waals surface area contributed by atoms with Gasteiger partial charge in [-0.15, -0.1) is 6.58 Å². The molecule has 0 aromatic rings. The average molecular weight is 704 g/mol. The summed E-state index contributed by atoms with van der Waals surface area (Å²) in [6.45, 7) is 13.7. The monoisotopic (exact) mass is 703 g/mol. The second kappa shape index (κ2) is 14.0. The fourth-order valence-corrected chi connectivity index (χ4v) is 11.2. The second-order valence-corrected chi connectivity index (χ2v) is 19.2. The number of nitrogens with zero attached hydrogens (tertiary/aromatic N) is 1. The van der Waals surface area contributed by atoms with E-state index in [2.05, 4.69) is 41.7 Å². The molecule has 5 rings (SSSR count). The number of fused-ring (bicyclic) bond motifs is 1. The van der Waals surface area contributed by atoms with Gasteiger partial charge in [-0.1, -0.05) is 72.8 Å². The zero-order valence-electron chi connectivity index (χ0n) is 29.9. The van der Waals surface area contributed by atoms with E-state index < -0.39 is 73.7 Å². The first-order valence-corrected chi connectivity index (χ1v) is 20.0. The fraction of sp³-hybridized carbons (Fsp3) is 0.806. The standard InChI is InChI=1S/C36H57N5O7S/c1-7-19-37-31(44)28(42)24(16-15-22-13-14-22)38-30(43)27-26-23(35(26,5)6)21-41(27)32(45)29(34(2,3)4)39-33(46)40-36(17-9-8-10-18-36)25-12-11-20-49(25,47)48/h7,22-27,29H,1,8-21H2,2-6H3,(H,37,44)(H,38,43)(H2,39,40,46)/t23-,24+,25-,26-,27+,29-/m1/s1. The van der Waals surface area contributed by atoms with Crippen molar-refractivity contribution in [3.63, 3.8) is 0 Å². The predicted octanol–water partition coefficient (Wildman–Crippen LogP) is 3.01. The summed E-state index contributed by atoms with van der Waals surface area (Å²) in [5.74, 6) is -1.85. The van der Waals surface area contributed by atoms with Crippen LogP contribution < -0.4 is 21.3 Å². The molecule has 3 saturated carbocycles. The van der Waals surface area contributed by atoms with Gasteiger partial charge in [0.05, 0.1) is 22.6 Å². The van der Waals surface area contributed by atoms with E-state index in [1.165, 1.54) is 6.08 Å². The molecule has 2 saturated heterocycles. The van der Waals surface area contributed by atoms with Crippen molar-refractivity contribution >= 4 is 39.4 Å². The van der Waals surface area contributed by atoms with Crippen molar-refractivity contribution < 1.29 is 32.4 Å². The Labute approximate surface area is 291 Å². The normalized spacial score (nSPS) is 29.1. The Balaban J connectivity index is 1.34. The van der Waals surface area contributed by atoms with Gasteiger partial charge >= 0.3 is 6.03 Å². The fourth-order valence-electron chi connectivity index (χ4n) is 8.89. The Morgan fingerprint density at radius 1 is 0.980 bits per heavy atom. The van der Waals surface area contributed by atoms with Gasteiger partial charge in [0, 0.05) is 13.1 Å². The molecule has 13 heteroatoms. The van der Waals surface area contributed by atoms with Gasteiger partial charge in [0.1, 0.15) is 12.1 Å². The van der Waals surface area contributed by atoms with Gasteiger partial charge in [0.25, 0.3) is 5.91 Å². The van der Waals surface area contributed by atoms with Crippen LogP contribution in [0.5, 0.6) is 0 Å². The SMILES string of the molecule is C=CCNC(=O)C(=O)[C@H](CCC1CC1)NC(=O)[C@@H]1[C@H]2[C@@H](CN1C(=O)[C@@H](NC(=O)NC1([C@H]3CCCS3(=O)=O)CCCCC1)C(C)(C)C)C2(C)C. The van der Waals surface area contributed by atoms with Crippen molar-refractivity contribution in [3.8, 4) is 0 Å². The molecule has 12 nitrogen and oxygen atoms in total. The minimum Gasteiger partial charge on any atom is -0.346 e. The number of sulfone groups is 1. The molecule has 6 atom stereocenters. The molecule has 0 bridgehead atoms. The lowest BCUT2D eigenvalue weighted by molar-refractivity contribution is -0.145. The van der Waals surface area contributed by atoms with E-state index in [9.17, 15) is 32.4 Å². The van der Waals surface area contributed by atoms with E-state index in [1.54, 1.807) is 4.90 Å². The highest BCUT2D eigenvalue weighted by molar-refractivity contribution is 7.92. The Morgan fingerprint density at radius 2 is 1.65 bits per heavy atom. The van der Waals surface area contributed by atoms with Gasteiger partial charge in [-0.05, 0) is 67.1 Å². The zero-order valence-corrected chi connectivity index (χ0v) is 30.8. The third-order valence-corrected chi connectivity index (χ3v) is 14.4. The van der Waals surface area contributed by atoms with Crippen molar-refractivity contribution in [1.29, 1.82) is 0 Å². The number of nitrogens with one attached hydrogen (secondary N) is 4. The van der Waals surface area contributed by atoms with Crippen LogP contribution in [-0.2, 0) is 29.0 Å². The Hall–Kier alpha value is -2.96. The van der Waals surface area contributed by atoms with Crippen molar-refractivity contribution in [2.24, 2.45) is 28.6 Å². The molecular weight excluding hydrogens is 646 g/mol. The lowest BCUT2D eigenvalue weighted by Crippen LogP contribution is -2.65. The number of hydrogen-bond acceptors (Lipinski definition) is 7. The number of likely N-dealkylation sites (tertiary alicyclic amines) is 1. The van der Waals surface area contributed by atoms with Gasteiger partial charge in [0.15, 0.2) is 9.84 Å². The minimum absolute atomic E-state index is 0.0660. The van der Waals surface area contributed by atoms with Crippen LogP contribution in [0.4, 0.5) is 4.79 Å². The molecule has 274 valence electrons. The van der Waals surface area contributed by atoms with E-state index in [0.717, 1.165) is 32.1 Å². The summed E-state index contributed by atoms with van der Waals surface area (Å²) in [6.07, 6.45) is 9.47. The van der Waals surface area contributed by atoms with Crippen molar-refractivity contribution in [1.82, 2.24) is 26.2 Å². The summed E-state index contributed by atoms with van der Waals surface area (Å²) in [6, 6.07) is -3.49. The Kier molecular flexibility index (Phi) is 10.6. The molecule has 5 amide bonds. The van der Waals surface area contributed by atoms with Crippen LogP contribution in [0.1, 0.15) is 105 Å². The largest absolute Gasteiger partial charge is 0.346 e. The number of urea groups is 1. The number of hydrogen-bond donors (Lipinski definition) is 4. The van der Waals surface area contributed by atoms with Gasteiger partial charge in [0.2, 0.25) is 17.6 Å². The highest BCUT2D eigenvalue weighted by Gasteiger charge is 2.70. The van der Waals surface area contributed by atoms with E-state index in [4.69, 9.17) is 0 Å². The number of carbonyl (C=O) groups is 5. The van der Waals surface area contributed by atoms with E-state index in [0.29, 0.717) is 51.0 Å². The number of piperidine rings is 1. The van der Waals surface area contributed by atoms with E-state index >= 15 is 0 Å². The molecular formula is C36H57N5O7S. The summed E-state index contributed by atoms with van der Waals surface area (Å²) in [5, 5.41) is 10.7. The molecule has 0 spiro atoms. The van der Waals surface area contributed by atoms with E-state index in [-0.39, 0.29) is 29.5 Å². The lowest BCUT2D eigenvalue weighted by atomic mass is 9.78. The quantitative estimate of drug-likeness (QED) is 0.169. The van der Waals surface area contributed by atoms with Crippen LogP contribution in [0.2, 0.25) is 0 Å². The zero-order chi connectivity index (χ0) is 35.9. The molecule has 49 heavy (non-hydrogen) atoms. The van der Waals surface area contributed by atoms with Gasteiger partial charge < -0.3 is 26.2 Å². The maximum Gasteiger partial charge on any atom is 0.315 e. The van der Waals surface area contributed by atoms with Crippen LogP contribution in [0.15, 0.2) is 12.7 Å². The molecule has 0 aromatic carbocycles. The topological polar surface area (TPSA) is 171 Å². The molecule has 0 unspecified atom stereocenters. The third-order valence-electron chi connectivity index (χ3n) is 12.0. The summed E-state index contributed by atoms with van der Waals surface area (Å²) < 4.78 is 26.1. The molecule has 3 aliphatic carbocycles. The number of ketones is 1. The van der Waals surface area contributed by atoms with Gasteiger partial charge in [-0.3, -0.25) is 19.2 Å². The number of amides is 5. The van der Waals surface area contributed by atoms with Crippen molar-refractivity contribution in [2.45, 2.75) is 134 Å². The predicted molar refractivity (Wildman–Crippen MR) is 186 cm³/mol. The van der Waals surface area contributed by atoms with Crippen LogP contribution >= 0.6 is 0 Å². The molecule has 0 radical (unpaired) electrons. The minimum atomic E-state index is -3.35. The highest BCUT2D eigenvalue weighted by atomic mass is 32.2. The molecule has 5 fully saturated rings. The van der Waals surface area contributed by atoms with Gasteiger partial charge in [-0.2, -0.15) is 0 Å². The maximum atomic E-state index is 14.5. The second-order valence-electron chi connectivity index (χ2n) is 16.9. The number of carbonyl (C=O) groups excluding carboxylic acids is 5. The van der Waals surface area contributed by atoms with Gasteiger partial charge in [-0.25, -0.2) is 13.2 Å². The summed E-state index contributed by atoms with van der Waals surface area (Å²) in [5.41, 5.74) is -1.83. The van der Waals surface area contributed by atoms with Crippen LogP contribution in [0, 0.1) is 28.6 Å². The van der Waals surface area contributed by atoms with E-state index in [1.807, 2.05) is 20.8 Å². The smallest absolute Gasteiger partial charge is 0.315 e. The molecule has 5 aliphatic rings. The first kappa shape index (κ1) is 37.3. The molecule has 4 N–H and O–H groups in total. The maximum absolute atomic E-state index is 14.5. The van der Waals surface area contributed by atoms with Crippen LogP contribution in [0.3, 0.4) is 0 Å². The number of rotatable bonds is 13. The first-order chi connectivity index (χ1) is 22.9. The molecule has 0 aromatic heterocycles. The van der Waals surface area contributed by atoms with Crippen molar-refractivity contribution in [2.75, 3.05) is 18.8 Å². The molecule has 2 aliphatic heterocycles. The molecule has 2 heterocycles. The Bertz CT molecular complexity index is 1440. The highest BCUT2D eigenvalue weighted by Crippen LogP contribution is 2.65. The summed E-state index contributed by atoms with van der Waals surface area (Å²) >= 11 is 0. The Morgan fingerprint density at radius 3 is 2.22 bits per heavy atom. The summed E-state index contributed by atoms with van der Waals surface area (Å²) in [4.78, 5) is 69.8. The first-order valence-electron chi connectivity index (χ1n) is 18.3. The van der Waals surface area contributed by atoms with Crippen LogP contribution in [-0.4, -0.2) is 90.6 Å². The number of Topliss-reactive ketones (excluding diaryl/α,β-unsaturated/α-hetero) is 1. The summed E-state index contributed by atoms with van der Waals surface area (Å²) in [7, 11) is -3.35. The van der Waals surface area contributed by atoms with Crippen molar-refractivity contribution in [3.05, 3.63) is 12.7 Å². The lowest BCUT2D eigenvalue weighted by Gasteiger charge is -2.43.